The zero-order valence-electron chi connectivity index (χ0n) is 9.69. The van der Waals surface area contributed by atoms with Crippen LogP contribution >= 0.6 is 11.8 Å². The smallest absolute Gasteiger partial charge is 0.337 e. The number of carboxylic acid groups (broad SMARTS) is 1. The van der Waals surface area contributed by atoms with Crippen molar-refractivity contribution in [2.45, 2.75) is 17.0 Å². The predicted molar refractivity (Wildman–Crippen MR) is 65.4 cm³/mol. The molecule has 1 aromatic heterocycles. The van der Waals surface area contributed by atoms with Crippen LogP contribution < -0.4 is 0 Å². The maximum Gasteiger partial charge on any atom is 0.337 e. The van der Waals surface area contributed by atoms with Crippen molar-refractivity contribution in [3.63, 3.8) is 0 Å². The lowest BCUT2D eigenvalue weighted by molar-refractivity contribution is -0.384. The minimum Gasteiger partial charge on any atom is -0.478 e. The molecule has 2 aromatic rings. The quantitative estimate of drug-likeness (QED) is 0.677. The number of non-ortho nitro benzene ring substituents is 1. The van der Waals surface area contributed by atoms with E-state index in [1.807, 2.05) is 0 Å². The molecule has 2 rings (SSSR count). The lowest BCUT2D eigenvalue weighted by atomic mass is 10.2. The third-order valence-corrected chi connectivity index (χ3v) is 3.14. The molecule has 0 aliphatic carbocycles. The molecule has 0 saturated heterocycles. The summed E-state index contributed by atoms with van der Waals surface area (Å²) in [7, 11) is 0. The van der Waals surface area contributed by atoms with Crippen LogP contribution in [0.5, 0.6) is 0 Å². The summed E-state index contributed by atoms with van der Waals surface area (Å²) in [5, 5.41) is 20.0. The van der Waals surface area contributed by atoms with E-state index < -0.39 is 10.9 Å². The molecule has 8 heteroatoms. The standard InChI is InChI=1S/C11H8N2O5S/c1-6-5-18-11(12-6)19-9-3-2-7(13(16)17)4-8(9)10(14)15/h2-5H,1H3,(H,14,15). The lowest BCUT2D eigenvalue weighted by Gasteiger charge is -2.02. The second-order valence-corrected chi connectivity index (χ2v) is 4.59. The number of nitro groups is 1. The molecule has 0 bridgehead atoms. The van der Waals surface area contributed by atoms with Crippen molar-refractivity contribution in [1.82, 2.24) is 4.98 Å². The van der Waals surface area contributed by atoms with Gasteiger partial charge in [-0.2, -0.15) is 0 Å². The van der Waals surface area contributed by atoms with E-state index in [-0.39, 0.29) is 16.5 Å². The highest BCUT2D eigenvalue weighted by molar-refractivity contribution is 7.99. The van der Waals surface area contributed by atoms with E-state index >= 15 is 0 Å². The van der Waals surface area contributed by atoms with Crippen LogP contribution in [0.15, 0.2) is 39.0 Å². The summed E-state index contributed by atoms with van der Waals surface area (Å²) >= 11 is 1.00. The van der Waals surface area contributed by atoms with E-state index in [1.165, 1.54) is 18.4 Å². The summed E-state index contributed by atoms with van der Waals surface area (Å²) in [5.41, 5.74) is 0.238. The number of aromatic carboxylic acids is 1. The van der Waals surface area contributed by atoms with Crippen molar-refractivity contribution in [2.75, 3.05) is 0 Å². The Balaban J connectivity index is 2.39. The van der Waals surface area contributed by atoms with Gasteiger partial charge in [-0.1, -0.05) is 0 Å². The van der Waals surface area contributed by atoms with E-state index in [4.69, 9.17) is 9.52 Å². The van der Waals surface area contributed by atoms with Crippen LogP contribution in [0, 0.1) is 17.0 Å². The lowest BCUT2D eigenvalue weighted by Crippen LogP contribution is -2.00. The fraction of sp³-hybridized carbons (Fsp3) is 0.0909. The molecule has 1 heterocycles. The number of benzene rings is 1. The Kier molecular flexibility index (Phi) is 3.52. The second kappa shape index (κ2) is 5.11. The van der Waals surface area contributed by atoms with Gasteiger partial charge in [0.2, 0.25) is 0 Å². The number of hydrogen-bond donors (Lipinski definition) is 1. The Morgan fingerprint density at radius 1 is 1.53 bits per heavy atom. The van der Waals surface area contributed by atoms with Crippen LogP contribution in [-0.4, -0.2) is 21.0 Å². The van der Waals surface area contributed by atoms with Gasteiger partial charge in [0, 0.05) is 17.0 Å². The van der Waals surface area contributed by atoms with E-state index in [9.17, 15) is 14.9 Å². The Hall–Kier alpha value is -2.35. The van der Waals surface area contributed by atoms with Crippen LogP contribution in [0.25, 0.3) is 0 Å². The molecule has 0 unspecified atom stereocenters. The largest absolute Gasteiger partial charge is 0.478 e. The monoisotopic (exact) mass is 280 g/mol. The van der Waals surface area contributed by atoms with Gasteiger partial charge in [0.1, 0.15) is 6.26 Å². The molecule has 19 heavy (non-hydrogen) atoms. The first kappa shape index (κ1) is 13.1. The maximum absolute atomic E-state index is 11.1. The average Bonchev–Trinajstić information content (AvgIpc) is 2.74. The minimum absolute atomic E-state index is 0.157. The fourth-order valence-corrected chi connectivity index (χ4v) is 2.23. The number of nitrogens with zero attached hydrogens (tertiary/aromatic N) is 2. The normalized spacial score (nSPS) is 10.4. The van der Waals surface area contributed by atoms with Gasteiger partial charge >= 0.3 is 5.97 Å². The number of oxazole rings is 1. The fourth-order valence-electron chi connectivity index (χ4n) is 1.36. The van der Waals surface area contributed by atoms with Crippen molar-refractivity contribution in [3.8, 4) is 0 Å². The number of nitro benzene ring substituents is 1. The summed E-state index contributed by atoms with van der Waals surface area (Å²) in [4.78, 5) is 25.5. The zero-order chi connectivity index (χ0) is 14.0. The van der Waals surface area contributed by atoms with Gasteiger partial charge < -0.3 is 9.52 Å². The van der Waals surface area contributed by atoms with Crippen molar-refractivity contribution >= 4 is 23.4 Å². The van der Waals surface area contributed by atoms with E-state index in [0.717, 1.165) is 17.8 Å². The minimum atomic E-state index is -1.24. The van der Waals surface area contributed by atoms with Gasteiger partial charge in [-0.15, -0.1) is 0 Å². The van der Waals surface area contributed by atoms with Gasteiger partial charge in [-0.3, -0.25) is 10.1 Å². The van der Waals surface area contributed by atoms with Crippen LogP contribution in [0.1, 0.15) is 16.1 Å². The van der Waals surface area contributed by atoms with Gasteiger partial charge in [0.25, 0.3) is 10.9 Å². The van der Waals surface area contributed by atoms with Gasteiger partial charge in [-0.25, -0.2) is 9.78 Å². The topological polar surface area (TPSA) is 106 Å². The molecule has 0 atom stereocenters. The van der Waals surface area contributed by atoms with Gasteiger partial charge in [-0.05, 0) is 24.8 Å². The van der Waals surface area contributed by atoms with Crippen LogP contribution in [0.2, 0.25) is 0 Å². The molecular formula is C11H8N2O5S. The summed E-state index contributed by atoms with van der Waals surface area (Å²) in [6.45, 7) is 1.74. The molecule has 0 spiro atoms. The zero-order valence-corrected chi connectivity index (χ0v) is 10.5. The molecule has 7 nitrogen and oxygen atoms in total. The molecule has 0 saturated carbocycles. The summed E-state index contributed by atoms with van der Waals surface area (Å²) < 4.78 is 5.11. The number of aryl methyl sites for hydroxylation is 1. The summed E-state index contributed by atoms with van der Waals surface area (Å²) in [5.74, 6) is -1.24. The number of aromatic nitrogens is 1. The van der Waals surface area contributed by atoms with Crippen LogP contribution in [-0.2, 0) is 0 Å². The third-order valence-electron chi connectivity index (χ3n) is 2.20. The number of rotatable bonds is 4. The third kappa shape index (κ3) is 2.91. The SMILES string of the molecule is Cc1coc(Sc2ccc([N+](=O)[O-])cc2C(=O)O)n1. The maximum atomic E-state index is 11.1. The molecule has 0 fully saturated rings. The summed E-state index contributed by atoms with van der Waals surface area (Å²) in [6, 6.07) is 3.62. The number of carbonyl (C=O) groups is 1. The molecule has 0 radical (unpaired) electrons. The molecule has 1 N–H and O–H groups in total. The second-order valence-electron chi connectivity index (χ2n) is 3.60. The Morgan fingerprint density at radius 2 is 2.26 bits per heavy atom. The molecule has 0 aliphatic rings. The Labute approximate surface area is 111 Å². The van der Waals surface area contributed by atoms with E-state index in [2.05, 4.69) is 4.98 Å². The first-order valence-corrected chi connectivity index (χ1v) is 5.90. The van der Waals surface area contributed by atoms with Crippen molar-refractivity contribution in [3.05, 3.63) is 45.8 Å². The van der Waals surface area contributed by atoms with E-state index in [0.29, 0.717) is 10.6 Å². The van der Waals surface area contributed by atoms with Gasteiger partial charge in [0.05, 0.1) is 16.2 Å². The Morgan fingerprint density at radius 3 is 2.79 bits per heavy atom. The molecule has 0 amide bonds. The van der Waals surface area contributed by atoms with E-state index in [1.54, 1.807) is 6.92 Å². The molecule has 0 aliphatic heterocycles. The average molecular weight is 280 g/mol. The Bertz CT molecular complexity index is 652. The highest BCUT2D eigenvalue weighted by atomic mass is 32.2. The highest BCUT2D eigenvalue weighted by Gasteiger charge is 2.18. The summed E-state index contributed by atoms with van der Waals surface area (Å²) in [6.07, 6.45) is 1.44. The number of hydrogen-bond acceptors (Lipinski definition) is 6. The van der Waals surface area contributed by atoms with Crippen molar-refractivity contribution in [2.24, 2.45) is 0 Å². The number of carboxylic acids is 1. The first-order chi connectivity index (χ1) is 8.97. The van der Waals surface area contributed by atoms with Crippen LogP contribution in [0.3, 0.4) is 0 Å². The first-order valence-electron chi connectivity index (χ1n) is 5.09. The van der Waals surface area contributed by atoms with Crippen molar-refractivity contribution < 1.29 is 19.2 Å². The predicted octanol–water partition coefficient (Wildman–Crippen LogP) is 2.74. The molecule has 1 aromatic carbocycles. The molecular weight excluding hydrogens is 272 g/mol. The van der Waals surface area contributed by atoms with Crippen molar-refractivity contribution in [1.29, 1.82) is 0 Å². The highest BCUT2D eigenvalue weighted by Crippen LogP contribution is 2.32. The molecule has 98 valence electrons. The van der Waals surface area contributed by atoms with Crippen LogP contribution in [0.4, 0.5) is 5.69 Å². The van der Waals surface area contributed by atoms with Gasteiger partial charge in [0.15, 0.2) is 0 Å².